The molecule has 54 heavy (non-hydrogen) atoms. The van der Waals surface area contributed by atoms with Crippen molar-refractivity contribution in [2.45, 2.75) is 38.5 Å². The maximum atomic E-state index is 4.57. The molecule has 2 unspecified atom stereocenters. The molecule has 0 spiro atoms. The summed E-state index contributed by atoms with van der Waals surface area (Å²) in [5, 5.41) is 3.78. The molecule has 0 fully saturated rings. The third-order valence-corrected chi connectivity index (χ3v) is 12.0. The van der Waals surface area contributed by atoms with Gasteiger partial charge < -0.3 is 9.13 Å². The van der Waals surface area contributed by atoms with Gasteiger partial charge in [0, 0.05) is 70.2 Å². The predicted molar refractivity (Wildman–Crippen MR) is 219 cm³/mol. The maximum absolute atomic E-state index is 4.57. The molecule has 11 rings (SSSR count). The number of aromatic nitrogens is 6. The Hall–Kier alpha value is -6.66. The molecule has 2 atom stereocenters. The van der Waals surface area contributed by atoms with Crippen molar-refractivity contribution in [3.8, 4) is 33.6 Å². The first-order valence-electron chi connectivity index (χ1n) is 18.8. The number of pyridine rings is 4. The normalized spacial score (nSPS) is 16.3. The van der Waals surface area contributed by atoms with Crippen molar-refractivity contribution >= 4 is 44.4 Å². The summed E-state index contributed by atoms with van der Waals surface area (Å²) >= 11 is 0. The molecule has 0 bridgehead atoms. The Balaban J connectivity index is 1.19. The van der Waals surface area contributed by atoms with Crippen molar-refractivity contribution in [3.63, 3.8) is 0 Å². The lowest BCUT2D eigenvalue weighted by Crippen LogP contribution is -2.13. The highest BCUT2D eigenvalue weighted by Crippen LogP contribution is 2.51. The van der Waals surface area contributed by atoms with Crippen LogP contribution < -0.4 is 0 Å². The van der Waals surface area contributed by atoms with Crippen molar-refractivity contribution in [2.24, 2.45) is 0 Å². The molecule has 0 aliphatic heterocycles. The Morgan fingerprint density at radius 2 is 1.07 bits per heavy atom. The lowest BCUT2D eigenvalue weighted by atomic mass is 9.72. The van der Waals surface area contributed by atoms with Gasteiger partial charge in [0.25, 0.3) is 0 Å². The average Bonchev–Trinajstić information content (AvgIpc) is 3.74. The minimum Gasteiger partial charge on any atom is -0.311 e. The van der Waals surface area contributed by atoms with Gasteiger partial charge in [-0.1, -0.05) is 32.0 Å². The van der Waals surface area contributed by atoms with Gasteiger partial charge in [0.05, 0.1) is 40.3 Å². The Morgan fingerprint density at radius 3 is 1.70 bits per heavy atom. The van der Waals surface area contributed by atoms with E-state index in [1.54, 1.807) is 0 Å². The monoisotopic (exact) mass is 696 g/mol. The summed E-state index contributed by atoms with van der Waals surface area (Å²) in [5.74, 6) is 0.653. The van der Waals surface area contributed by atoms with Gasteiger partial charge in [0.15, 0.2) is 0 Å². The molecule has 0 saturated heterocycles. The number of nitrogens with zero attached hydrogens (tertiary/aromatic N) is 6. The summed E-state index contributed by atoms with van der Waals surface area (Å²) in [5.41, 5.74) is 18.6. The minimum absolute atomic E-state index is 0.324. The minimum atomic E-state index is 0.324. The lowest BCUT2D eigenvalue weighted by molar-refractivity contribution is 0.617. The van der Waals surface area contributed by atoms with E-state index in [1.165, 1.54) is 77.4 Å². The van der Waals surface area contributed by atoms with Crippen LogP contribution in [0.2, 0.25) is 0 Å². The SMILES string of the molecule is CC1c2cc3c4c(n(-c5cccnc5)c3cc2-c2cc3c(cc2C1C)c1cc(-c2cccnc2)ccc1n3-c1cccnc1)CCC(c1cccnc1)=C4. The van der Waals surface area contributed by atoms with Crippen LogP contribution in [0.5, 0.6) is 0 Å². The molecule has 0 radical (unpaired) electrons. The number of fused-ring (bicyclic) bond motifs is 9. The molecule has 6 heterocycles. The van der Waals surface area contributed by atoms with E-state index in [0.717, 1.165) is 35.3 Å². The third-order valence-electron chi connectivity index (χ3n) is 12.0. The maximum Gasteiger partial charge on any atom is 0.0645 e. The van der Waals surface area contributed by atoms with Gasteiger partial charge in [0.1, 0.15) is 0 Å². The van der Waals surface area contributed by atoms with Crippen LogP contribution in [0.4, 0.5) is 0 Å². The molecule has 2 aliphatic carbocycles. The van der Waals surface area contributed by atoms with E-state index in [4.69, 9.17) is 0 Å². The van der Waals surface area contributed by atoms with Crippen molar-refractivity contribution < 1.29 is 0 Å². The number of hydrogen-bond acceptors (Lipinski definition) is 4. The number of rotatable bonds is 4. The molecule has 6 heteroatoms. The highest BCUT2D eigenvalue weighted by atomic mass is 15.0. The largest absolute Gasteiger partial charge is 0.311 e. The topological polar surface area (TPSA) is 61.4 Å². The van der Waals surface area contributed by atoms with E-state index in [9.17, 15) is 0 Å². The van der Waals surface area contributed by atoms with Crippen molar-refractivity contribution in [3.05, 3.63) is 169 Å². The first kappa shape index (κ1) is 30.9. The van der Waals surface area contributed by atoms with Gasteiger partial charge in [-0.2, -0.15) is 0 Å². The summed E-state index contributed by atoms with van der Waals surface area (Å²) in [6.07, 6.45) is 19.6. The van der Waals surface area contributed by atoms with Crippen molar-refractivity contribution in [1.29, 1.82) is 0 Å². The number of benzene rings is 3. The van der Waals surface area contributed by atoms with Crippen LogP contribution in [0.1, 0.15) is 60.1 Å². The Morgan fingerprint density at radius 1 is 0.500 bits per heavy atom. The highest BCUT2D eigenvalue weighted by Gasteiger charge is 2.32. The van der Waals surface area contributed by atoms with E-state index in [2.05, 4.69) is 116 Å². The van der Waals surface area contributed by atoms with Crippen LogP contribution in [-0.2, 0) is 6.42 Å². The summed E-state index contributed by atoms with van der Waals surface area (Å²) in [7, 11) is 0. The summed E-state index contributed by atoms with van der Waals surface area (Å²) < 4.78 is 4.84. The molecule has 0 saturated carbocycles. The van der Waals surface area contributed by atoms with Crippen LogP contribution in [0, 0.1) is 0 Å². The summed E-state index contributed by atoms with van der Waals surface area (Å²) in [6.45, 7) is 4.81. The molecule has 2 aliphatic rings. The van der Waals surface area contributed by atoms with Crippen molar-refractivity contribution in [1.82, 2.24) is 29.1 Å². The Bertz CT molecular complexity index is 2940. The fourth-order valence-electron chi connectivity index (χ4n) is 9.21. The molecule has 6 aromatic heterocycles. The van der Waals surface area contributed by atoms with Crippen LogP contribution in [0.3, 0.4) is 0 Å². The zero-order valence-corrected chi connectivity index (χ0v) is 30.1. The van der Waals surface area contributed by atoms with E-state index in [1.807, 2.05) is 73.8 Å². The zero-order valence-electron chi connectivity index (χ0n) is 30.1. The van der Waals surface area contributed by atoms with E-state index >= 15 is 0 Å². The standard InChI is InChI=1S/C48H36N6/c1-29-30(2)38-22-44-42-20-32(34-8-4-16-50-26-34)12-14-46(42)54(36-10-6-18-52-28-36)48(44)24-40(38)39-23-47-43(21-37(29)39)41-19-31(33-7-3-15-49-25-33)11-13-45(41)53(47)35-9-5-17-51-27-35/h3-11,13,15-30H,12,14H2,1-2H3. The number of hydrogen-bond donors (Lipinski definition) is 0. The van der Waals surface area contributed by atoms with Gasteiger partial charge in [0.2, 0.25) is 0 Å². The van der Waals surface area contributed by atoms with E-state index in [0.29, 0.717) is 11.8 Å². The van der Waals surface area contributed by atoms with Gasteiger partial charge in [-0.15, -0.1) is 0 Å². The summed E-state index contributed by atoms with van der Waals surface area (Å²) in [4.78, 5) is 18.0. The van der Waals surface area contributed by atoms with Crippen LogP contribution in [-0.4, -0.2) is 29.1 Å². The quantitative estimate of drug-likeness (QED) is 0.184. The fourth-order valence-corrected chi connectivity index (χ4v) is 9.21. The van der Waals surface area contributed by atoms with Gasteiger partial charge in [-0.25, -0.2) is 0 Å². The summed E-state index contributed by atoms with van der Waals surface area (Å²) in [6, 6.07) is 33.5. The molecule has 0 amide bonds. The molecule has 9 aromatic rings. The second-order valence-electron chi connectivity index (χ2n) is 14.8. The zero-order chi connectivity index (χ0) is 35.9. The predicted octanol–water partition coefficient (Wildman–Crippen LogP) is 11.3. The highest BCUT2D eigenvalue weighted by molar-refractivity contribution is 6.12. The van der Waals surface area contributed by atoms with Crippen molar-refractivity contribution in [2.75, 3.05) is 0 Å². The fraction of sp³-hybridized carbons (Fsp3) is 0.125. The molecular formula is C48H36N6. The lowest BCUT2D eigenvalue weighted by Gasteiger charge is -2.32. The van der Waals surface area contributed by atoms with Gasteiger partial charge in [-0.05, 0) is 143 Å². The molecule has 0 N–H and O–H groups in total. The Labute approximate surface area is 313 Å². The van der Waals surface area contributed by atoms with Crippen LogP contribution >= 0.6 is 0 Å². The molecular weight excluding hydrogens is 661 g/mol. The van der Waals surface area contributed by atoms with E-state index < -0.39 is 0 Å². The second-order valence-corrected chi connectivity index (χ2v) is 14.8. The first-order chi connectivity index (χ1) is 26.6. The first-order valence-corrected chi connectivity index (χ1v) is 18.8. The molecule has 6 nitrogen and oxygen atoms in total. The smallest absolute Gasteiger partial charge is 0.0645 e. The van der Waals surface area contributed by atoms with Crippen LogP contribution in [0.15, 0.2) is 141 Å². The molecule has 3 aromatic carbocycles. The third kappa shape index (κ3) is 4.59. The average molecular weight is 697 g/mol. The van der Waals surface area contributed by atoms with Crippen LogP contribution in [0.25, 0.3) is 78.0 Å². The van der Waals surface area contributed by atoms with E-state index in [-0.39, 0.29) is 0 Å². The Kier molecular flexibility index (Phi) is 6.83. The molecule has 258 valence electrons. The number of allylic oxidation sites excluding steroid dienone is 1. The second kappa shape index (κ2) is 11.9. The van der Waals surface area contributed by atoms with Gasteiger partial charge >= 0.3 is 0 Å². The van der Waals surface area contributed by atoms with Gasteiger partial charge in [-0.3, -0.25) is 19.9 Å².